The fraction of sp³-hybridized carbons (Fsp3) is 0.286. The number of methoxy groups -OCH3 is 1. The van der Waals surface area contributed by atoms with E-state index in [1.54, 1.807) is 48.4 Å². The first-order valence-electron chi connectivity index (χ1n) is 9.52. The molecular formula is C21H24N4O4S. The third-order valence-corrected chi connectivity index (χ3v) is 5.49. The molecule has 1 heterocycles. The summed E-state index contributed by atoms with van der Waals surface area (Å²) in [5, 5.41) is 8.38. The number of hydrogen-bond donors (Lipinski definition) is 3. The molecule has 8 nitrogen and oxygen atoms in total. The second-order valence-electron chi connectivity index (χ2n) is 6.51. The number of carbonyl (C=O) groups is 3. The number of hydrogen-bond acceptors (Lipinski definition) is 5. The molecule has 0 atom stereocenters. The smallest absolute Gasteiger partial charge is 0.321 e. The van der Waals surface area contributed by atoms with Crippen LogP contribution < -0.4 is 20.9 Å². The molecule has 0 aliphatic carbocycles. The zero-order valence-electron chi connectivity index (χ0n) is 16.6. The SMILES string of the molecule is COCCNC(=O)CSc1ccccc1C(=O)Nc1ccc(N2CCNC2=O)cc1. The van der Waals surface area contributed by atoms with Gasteiger partial charge in [0.1, 0.15) is 0 Å². The minimum Gasteiger partial charge on any atom is -0.383 e. The number of urea groups is 1. The van der Waals surface area contributed by atoms with E-state index in [0.717, 1.165) is 10.6 Å². The molecule has 0 bridgehead atoms. The predicted octanol–water partition coefficient (Wildman–Crippen LogP) is 2.32. The maximum Gasteiger partial charge on any atom is 0.321 e. The first-order valence-corrected chi connectivity index (χ1v) is 10.5. The molecule has 3 N–H and O–H groups in total. The molecule has 0 radical (unpaired) electrons. The molecule has 0 unspecified atom stereocenters. The molecule has 3 rings (SSSR count). The number of benzene rings is 2. The number of anilines is 2. The Morgan fingerprint density at radius 1 is 1.17 bits per heavy atom. The van der Waals surface area contributed by atoms with Crippen molar-refractivity contribution in [3.63, 3.8) is 0 Å². The molecule has 1 saturated heterocycles. The molecule has 0 spiro atoms. The van der Waals surface area contributed by atoms with Gasteiger partial charge in [-0.3, -0.25) is 14.5 Å². The summed E-state index contributed by atoms with van der Waals surface area (Å²) in [6, 6.07) is 14.2. The minimum absolute atomic E-state index is 0.117. The van der Waals surface area contributed by atoms with Gasteiger partial charge in [0.15, 0.2) is 0 Å². The van der Waals surface area contributed by atoms with Crippen LogP contribution in [0.3, 0.4) is 0 Å². The van der Waals surface area contributed by atoms with E-state index in [4.69, 9.17) is 4.74 Å². The monoisotopic (exact) mass is 428 g/mol. The van der Waals surface area contributed by atoms with E-state index in [-0.39, 0.29) is 23.6 Å². The minimum atomic E-state index is -0.260. The van der Waals surface area contributed by atoms with Crippen molar-refractivity contribution in [3.05, 3.63) is 54.1 Å². The van der Waals surface area contributed by atoms with Crippen molar-refractivity contribution >= 4 is 41.0 Å². The van der Waals surface area contributed by atoms with Crippen LogP contribution in [0.25, 0.3) is 0 Å². The largest absolute Gasteiger partial charge is 0.383 e. The molecule has 2 aromatic rings. The Labute approximate surface area is 179 Å². The zero-order valence-corrected chi connectivity index (χ0v) is 17.5. The zero-order chi connectivity index (χ0) is 21.3. The highest BCUT2D eigenvalue weighted by Crippen LogP contribution is 2.24. The lowest BCUT2D eigenvalue weighted by Crippen LogP contribution is -2.28. The van der Waals surface area contributed by atoms with Gasteiger partial charge in [0.25, 0.3) is 5.91 Å². The highest BCUT2D eigenvalue weighted by atomic mass is 32.2. The molecule has 2 aromatic carbocycles. The average Bonchev–Trinajstić information content (AvgIpc) is 3.19. The number of amides is 4. The Morgan fingerprint density at radius 2 is 1.93 bits per heavy atom. The summed E-state index contributed by atoms with van der Waals surface area (Å²) in [6.45, 7) is 2.15. The molecule has 1 aliphatic heterocycles. The molecule has 0 saturated carbocycles. The second-order valence-corrected chi connectivity index (χ2v) is 7.53. The number of ether oxygens (including phenoxy) is 1. The highest BCUT2D eigenvalue weighted by Gasteiger charge is 2.21. The third kappa shape index (κ3) is 5.74. The maximum absolute atomic E-state index is 12.8. The molecule has 30 heavy (non-hydrogen) atoms. The summed E-state index contributed by atoms with van der Waals surface area (Å²) in [5.74, 6) is -0.168. The van der Waals surface area contributed by atoms with E-state index < -0.39 is 0 Å². The molecule has 1 fully saturated rings. The first kappa shape index (κ1) is 21.7. The van der Waals surface area contributed by atoms with Crippen molar-refractivity contribution in [2.75, 3.05) is 49.3 Å². The van der Waals surface area contributed by atoms with Gasteiger partial charge in [-0.25, -0.2) is 4.79 Å². The highest BCUT2D eigenvalue weighted by molar-refractivity contribution is 8.00. The van der Waals surface area contributed by atoms with Gasteiger partial charge in [0.05, 0.1) is 17.9 Å². The van der Waals surface area contributed by atoms with Crippen LogP contribution in [0.4, 0.5) is 16.2 Å². The summed E-state index contributed by atoms with van der Waals surface area (Å²) >= 11 is 1.31. The summed E-state index contributed by atoms with van der Waals surface area (Å²) in [7, 11) is 1.58. The van der Waals surface area contributed by atoms with Crippen LogP contribution in [-0.4, -0.2) is 56.9 Å². The van der Waals surface area contributed by atoms with Crippen LogP contribution in [0.5, 0.6) is 0 Å². The molecular weight excluding hydrogens is 404 g/mol. The fourth-order valence-electron chi connectivity index (χ4n) is 2.91. The maximum atomic E-state index is 12.8. The van der Waals surface area contributed by atoms with Crippen LogP contribution in [-0.2, 0) is 9.53 Å². The lowest BCUT2D eigenvalue weighted by molar-refractivity contribution is -0.118. The van der Waals surface area contributed by atoms with Crippen LogP contribution in [0.15, 0.2) is 53.4 Å². The van der Waals surface area contributed by atoms with Gasteiger partial charge < -0.3 is 20.7 Å². The van der Waals surface area contributed by atoms with E-state index in [2.05, 4.69) is 16.0 Å². The van der Waals surface area contributed by atoms with Gasteiger partial charge in [-0.1, -0.05) is 12.1 Å². The Morgan fingerprint density at radius 3 is 2.63 bits per heavy atom. The van der Waals surface area contributed by atoms with Crippen LogP contribution in [0.2, 0.25) is 0 Å². The number of nitrogens with zero attached hydrogens (tertiary/aromatic N) is 1. The normalized spacial score (nSPS) is 13.1. The molecule has 1 aliphatic rings. The van der Waals surface area contributed by atoms with Gasteiger partial charge >= 0.3 is 6.03 Å². The quantitative estimate of drug-likeness (QED) is 0.421. The number of nitrogens with one attached hydrogen (secondary N) is 3. The average molecular weight is 429 g/mol. The summed E-state index contributed by atoms with van der Waals surface area (Å²) in [5.41, 5.74) is 1.90. The van der Waals surface area contributed by atoms with Crippen LogP contribution >= 0.6 is 11.8 Å². The van der Waals surface area contributed by atoms with E-state index in [1.807, 2.05) is 12.1 Å². The lowest BCUT2D eigenvalue weighted by Gasteiger charge is -2.15. The Bertz CT molecular complexity index is 904. The standard InChI is InChI=1S/C21H24N4O4S/c1-29-13-11-22-19(26)14-30-18-5-3-2-4-17(18)20(27)24-15-6-8-16(9-7-15)25-12-10-23-21(25)28/h2-9H,10-14H2,1H3,(H,22,26)(H,23,28)(H,24,27). The van der Waals surface area contributed by atoms with Gasteiger partial charge in [-0.2, -0.15) is 0 Å². The van der Waals surface area contributed by atoms with Crippen molar-refractivity contribution in [1.29, 1.82) is 0 Å². The van der Waals surface area contributed by atoms with E-state index in [1.165, 1.54) is 11.8 Å². The Balaban J connectivity index is 1.60. The number of carbonyl (C=O) groups excluding carboxylic acids is 3. The topological polar surface area (TPSA) is 99.8 Å². The van der Waals surface area contributed by atoms with E-state index in [9.17, 15) is 14.4 Å². The Hall–Kier alpha value is -3.04. The van der Waals surface area contributed by atoms with Gasteiger partial charge in [0.2, 0.25) is 5.91 Å². The van der Waals surface area contributed by atoms with E-state index >= 15 is 0 Å². The molecule has 0 aromatic heterocycles. The number of thioether (sulfide) groups is 1. The Kier molecular flexibility index (Phi) is 7.69. The van der Waals surface area contributed by atoms with Crippen molar-refractivity contribution < 1.29 is 19.1 Å². The predicted molar refractivity (Wildman–Crippen MR) is 117 cm³/mol. The molecule has 9 heteroatoms. The summed E-state index contributed by atoms with van der Waals surface area (Å²) in [6.07, 6.45) is 0. The second kappa shape index (κ2) is 10.7. The van der Waals surface area contributed by atoms with Crippen molar-refractivity contribution in [3.8, 4) is 0 Å². The van der Waals surface area contributed by atoms with Crippen LogP contribution in [0, 0.1) is 0 Å². The first-order chi connectivity index (χ1) is 14.6. The molecule has 158 valence electrons. The summed E-state index contributed by atoms with van der Waals surface area (Å²) < 4.78 is 4.91. The lowest BCUT2D eigenvalue weighted by atomic mass is 10.2. The summed E-state index contributed by atoms with van der Waals surface area (Å²) in [4.78, 5) is 38.8. The van der Waals surface area contributed by atoms with Crippen molar-refractivity contribution in [1.82, 2.24) is 10.6 Å². The van der Waals surface area contributed by atoms with Crippen molar-refractivity contribution in [2.24, 2.45) is 0 Å². The number of rotatable bonds is 9. The van der Waals surface area contributed by atoms with Crippen molar-refractivity contribution in [2.45, 2.75) is 4.90 Å². The van der Waals surface area contributed by atoms with Crippen LogP contribution in [0.1, 0.15) is 10.4 Å². The molecule has 4 amide bonds. The fourth-order valence-corrected chi connectivity index (χ4v) is 3.79. The van der Waals surface area contributed by atoms with E-state index in [0.29, 0.717) is 37.5 Å². The van der Waals surface area contributed by atoms with Gasteiger partial charge in [-0.05, 0) is 36.4 Å². The van der Waals surface area contributed by atoms with Gasteiger partial charge in [0, 0.05) is 43.0 Å². The van der Waals surface area contributed by atoms with Gasteiger partial charge in [-0.15, -0.1) is 11.8 Å². The third-order valence-electron chi connectivity index (χ3n) is 4.41.